The van der Waals surface area contributed by atoms with Crippen molar-refractivity contribution in [2.75, 3.05) is 66.1 Å². The second kappa shape index (κ2) is 9.03. The number of methoxy groups -OCH3 is 1. The van der Waals surface area contributed by atoms with Gasteiger partial charge in [0.1, 0.15) is 11.8 Å². The van der Waals surface area contributed by atoms with Crippen molar-refractivity contribution in [1.29, 1.82) is 0 Å². The zero-order valence-corrected chi connectivity index (χ0v) is 17.2. The number of aliphatic carboxylic acids is 1. The molecule has 2 aliphatic rings. The van der Waals surface area contributed by atoms with Crippen LogP contribution in [0.25, 0.3) is 10.9 Å². The normalized spacial score (nSPS) is 19.7. The number of rotatable bonds is 6. The number of ether oxygens (including phenoxy) is 2. The summed E-state index contributed by atoms with van der Waals surface area (Å²) in [6, 6.07) is 4.87. The van der Waals surface area contributed by atoms with Crippen molar-refractivity contribution in [2.45, 2.75) is 6.04 Å². The van der Waals surface area contributed by atoms with Crippen molar-refractivity contribution in [3.8, 4) is 5.75 Å². The molecule has 1 aromatic heterocycles. The fourth-order valence-corrected chi connectivity index (χ4v) is 4.24. The highest BCUT2D eigenvalue weighted by molar-refractivity contribution is 5.90. The van der Waals surface area contributed by atoms with Gasteiger partial charge in [-0.1, -0.05) is 0 Å². The van der Waals surface area contributed by atoms with Crippen molar-refractivity contribution in [3.05, 3.63) is 30.0 Å². The van der Waals surface area contributed by atoms with Gasteiger partial charge >= 0.3 is 5.97 Å². The molecule has 0 spiro atoms. The van der Waals surface area contributed by atoms with E-state index in [0.717, 1.165) is 16.5 Å². The molecule has 0 bridgehead atoms. The Morgan fingerprint density at radius 1 is 1.17 bits per heavy atom. The van der Waals surface area contributed by atoms with Gasteiger partial charge in [0.2, 0.25) is 5.91 Å². The molecule has 2 N–H and O–H groups in total. The standard InChI is InChI=1S/C21H28N4O5/c1-29-15-2-3-18-16(12-15)17(13-22-18)20(21(27)28)25-6-4-23(5-7-25)14-19(26)24-8-10-30-11-9-24/h2-3,12-13,20,22H,4-11,14H2,1H3,(H,27,28). The van der Waals surface area contributed by atoms with E-state index in [1.165, 1.54) is 0 Å². The van der Waals surface area contributed by atoms with Crippen LogP contribution in [0.5, 0.6) is 5.75 Å². The average molecular weight is 416 g/mol. The molecule has 9 heteroatoms. The second-order valence-electron chi connectivity index (χ2n) is 7.70. The average Bonchev–Trinajstić information content (AvgIpc) is 3.18. The third-order valence-electron chi connectivity index (χ3n) is 5.94. The highest BCUT2D eigenvalue weighted by atomic mass is 16.5. The Bertz CT molecular complexity index is 900. The van der Waals surface area contributed by atoms with Crippen LogP contribution in [0.15, 0.2) is 24.4 Å². The van der Waals surface area contributed by atoms with Crippen LogP contribution in [-0.4, -0.2) is 103 Å². The first-order valence-corrected chi connectivity index (χ1v) is 10.3. The monoisotopic (exact) mass is 416 g/mol. The minimum atomic E-state index is -0.878. The van der Waals surface area contributed by atoms with Gasteiger partial charge in [0.05, 0.1) is 26.9 Å². The van der Waals surface area contributed by atoms with E-state index >= 15 is 0 Å². The number of hydrogen-bond acceptors (Lipinski definition) is 6. The molecular weight excluding hydrogens is 388 g/mol. The van der Waals surface area contributed by atoms with Crippen LogP contribution in [0, 0.1) is 0 Å². The number of piperazine rings is 1. The Morgan fingerprint density at radius 3 is 2.57 bits per heavy atom. The smallest absolute Gasteiger partial charge is 0.325 e. The lowest BCUT2D eigenvalue weighted by molar-refractivity contribution is -0.145. The molecule has 2 fully saturated rings. The van der Waals surface area contributed by atoms with Crippen molar-refractivity contribution in [3.63, 3.8) is 0 Å². The summed E-state index contributed by atoms with van der Waals surface area (Å²) in [6.45, 7) is 5.33. The Kier molecular flexibility index (Phi) is 6.21. The van der Waals surface area contributed by atoms with Crippen molar-refractivity contribution >= 4 is 22.8 Å². The van der Waals surface area contributed by atoms with E-state index in [1.54, 1.807) is 13.3 Å². The SMILES string of the molecule is COc1ccc2[nH]cc(C(C(=O)O)N3CCN(CC(=O)N4CCOCC4)CC3)c2c1. The molecule has 162 valence electrons. The minimum Gasteiger partial charge on any atom is -0.497 e. The number of carboxylic acid groups (broad SMARTS) is 1. The number of morpholine rings is 1. The molecule has 0 radical (unpaired) electrons. The van der Waals surface area contributed by atoms with E-state index in [2.05, 4.69) is 9.88 Å². The lowest BCUT2D eigenvalue weighted by Crippen LogP contribution is -2.52. The van der Waals surface area contributed by atoms with Gasteiger partial charge in [-0.25, -0.2) is 0 Å². The Labute approximate surface area is 175 Å². The predicted molar refractivity (Wildman–Crippen MR) is 111 cm³/mol. The van der Waals surface area contributed by atoms with Gasteiger partial charge < -0.3 is 24.5 Å². The number of benzene rings is 1. The van der Waals surface area contributed by atoms with E-state index in [4.69, 9.17) is 9.47 Å². The zero-order valence-electron chi connectivity index (χ0n) is 17.2. The molecule has 1 atom stereocenters. The summed E-state index contributed by atoms with van der Waals surface area (Å²) in [5.74, 6) is -0.0687. The minimum absolute atomic E-state index is 0.116. The van der Waals surface area contributed by atoms with E-state index in [9.17, 15) is 14.7 Å². The number of carboxylic acids is 1. The third-order valence-corrected chi connectivity index (χ3v) is 5.94. The maximum Gasteiger partial charge on any atom is 0.325 e. The van der Waals surface area contributed by atoms with Crippen LogP contribution in [-0.2, 0) is 14.3 Å². The molecule has 1 aromatic carbocycles. The zero-order chi connectivity index (χ0) is 21.1. The summed E-state index contributed by atoms with van der Waals surface area (Å²) in [7, 11) is 1.60. The number of fused-ring (bicyclic) bond motifs is 1. The maximum absolute atomic E-state index is 12.5. The van der Waals surface area contributed by atoms with Gasteiger partial charge in [-0.05, 0) is 18.2 Å². The van der Waals surface area contributed by atoms with Gasteiger partial charge in [-0.3, -0.25) is 19.4 Å². The number of carbonyl (C=O) groups is 2. The van der Waals surface area contributed by atoms with Crippen LogP contribution >= 0.6 is 0 Å². The van der Waals surface area contributed by atoms with Gasteiger partial charge in [-0.15, -0.1) is 0 Å². The van der Waals surface area contributed by atoms with E-state index < -0.39 is 12.0 Å². The molecule has 4 rings (SSSR count). The van der Waals surface area contributed by atoms with Crippen molar-refractivity contribution in [1.82, 2.24) is 19.7 Å². The van der Waals surface area contributed by atoms with Crippen LogP contribution in [0.3, 0.4) is 0 Å². The van der Waals surface area contributed by atoms with Gasteiger partial charge in [0, 0.05) is 61.9 Å². The van der Waals surface area contributed by atoms with Gasteiger partial charge in [-0.2, -0.15) is 0 Å². The molecule has 9 nitrogen and oxygen atoms in total. The summed E-state index contributed by atoms with van der Waals surface area (Å²) in [4.78, 5) is 33.8. The molecule has 3 heterocycles. The number of aromatic amines is 1. The molecule has 2 saturated heterocycles. The number of carbonyl (C=O) groups excluding carboxylic acids is 1. The summed E-state index contributed by atoms with van der Waals surface area (Å²) in [5.41, 5.74) is 1.61. The van der Waals surface area contributed by atoms with Gasteiger partial charge in [0.25, 0.3) is 0 Å². The van der Waals surface area contributed by atoms with Crippen molar-refractivity contribution < 1.29 is 24.2 Å². The van der Waals surface area contributed by atoms with Crippen LogP contribution < -0.4 is 4.74 Å². The topological polar surface area (TPSA) is 98.3 Å². The van der Waals surface area contributed by atoms with Gasteiger partial charge in [0.15, 0.2) is 0 Å². The molecular formula is C21H28N4O5. The molecule has 30 heavy (non-hydrogen) atoms. The number of H-pyrrole nitrogens is 1. The molecule has 0 saturated carbocycles. The summed E-state index contributed by atoms with van der Waals surface area (Å²) >= 11 is 0. The first-order chi connectivity index (χ1) is 14.6. The summed E-state index contributed by atoms with van der Waals surface area (Å²) < 4.78 is 10.6. The van der Waals surface area contributed by atoms with E-state index in [1.807, 2.05) is 28.0 Å². The fourth-order valence-electron chi connectivity index (χ4n) is 4.24. The number of hydrogen-bond donors (Lipinski definition) is 2. The third kappa shape index (κ3) is 4.28. The van der Waals surface area contributed by atoms with Crippen LogP contribution in [0.2, 0.25) is 0 Å². The van der Waals surface area contributed by atoms with Crippen LogP contribution in [0.4, 0.5) is 0 Å². The quantitative estimate of drug-likeness (QED) is 0.718. The summed E-state index contributed by atoms with van der Waals surface area (Å²) in [6.07, 6.45) is 1.78. The number of aromatic nitrogens is 1. The Balaban J connectivity index is 1.43. The molecule has 2 aliphatic heterocycles. The van der Waals surface area contributed by atoms with Crippen LogP contribution in [0.1, 0.15) is 11.6 Å². The Morgan fingerprint density at radius 2 is 1.90 bits per heavy atom. The lowest BCUT2D eigenvalue weighted by Gasteiger charge is -2.38. The molecule has 1 amide bonds. The van der Waals surface area contributed by atoms with E-state index in [0.29, 0.717) is 64.8 Å². The number of amides is 1. The first-order valence-electron chi connectivity index (χ1n) is 10.3. The van der Waals surface area contributed by atoms with Crippen molar-refractivity contribution in [2.24, 2.45) is 0 Å². The number of nitrogens with one attached hydrogen (secondary N) is 1. The molecule has 2 aromatic rings. The molecule has 1 unspecified atom stereocenters. The highest BCUT2D eigenvalue weighted by Crippen LogP contribution is 2.31. The highest BCUT2D eigenvalue weighted by Gasteiger charge is 2.33. The molecule has 0 aliphatic carbocycles. The number of nitrogens with zero attached hydrogens (tertiary/aromatic N) is 3. The largest absolute Gasteiger partial charge is 0.497 e. The Hall–Kier alpha value is -2.62. The lowest BCUT2D eigenvalue weighted by atomic mass is 10.0. The first kappa shape index (κ1) is 20.6. The van der Waals surface area contributed by atoms with E-state index in [-0.39, 0.29) is 5.91 Å². The fraction of sp³-hybridized carbons (Fsp3) is 0.524. The maximum atomic E-state index is 12.5. The summed E-state index contributed by atoms with van der Waals surface area (Å²) in [5, 5.41) is 10.8. The second-order valence-corrected chi connectivity index (χ2v) is 7.70. The predicted octanol–water partition coefficient (Wildman–Crippen LogP) is 0.779.